The Hall–Kier alpha value is -3.67. The van der Waals surface area contributed by atoms with Gasteiger partial charge in [-0.3, -0.25) is 4.79 Å². The number of rotatable bonds is 6. The molecule has 1 heterocycles. The lowest BCUT2D eigenvalue weighted by atomic mass is 9.54. The van der Waals surface area contributed by atoms with Crippen molar-refractivity contribution in [3.8, 4) is 24.0 Å². The number of carbonyl (C=O) groups is 1. The SMILES string of the molecule is CCC[NH+]1CC=C2C(C#N)C(=N)C(C#N)(C#N)[C@H](c3ccc(OCC(N)=O)cc3)[C@H]2C1. The summed E-state index contributed by atoms with van der Waals surface area (Å²) in [5.74, 6) is -1.78. The van der Waals surface area contributed by atoms with Crippen LogP contribution < -0.4 is 15.4 Å². The molecule has 8 heteroatoms. The second-order valence-electron chi connectivity index (χ2n) is 8.03. The van der Waals surface area contributed by atoms with Gasteiger partial charge in [0.2, 0.25) is 0 Å². The van der Waals surface area contributed by atoms with Crippen LogP contribution >= 0.6 is 0 Å². The number of hydrogen-bond donors (Lipinski definition) is 3. The number of nitrogens with one attached hydrogen (secondary N) is 2. The zero-order chi connectivity index (χ0) is 22.6. The maximum atomic E-state index is 11.0. The number of quaternary nitrogens is 1. The van der Waals surface area contributed by atoms with Gasteiger partial charge in [-0.05, 0) is 35.8 Å². The summed E-state index contributed by atoms with van der Waals surface area (Å²) in [6, 6.07) is 13.2. The molecule has 2 aliphatic rings. The predicted octanol–water partition coefficient (Wildman–Crippen LogP) is 0.692. The Morgan fingerprint density at radius 3 is 2.52 bits per heavy atom. The normalized spacial score (nSPS) is 26.4. The smallest absolute Gasteiger partial charge is 0.255 e. The fourth-order valence-corrected chi connectivity index (χ4v) is 4.82. The van der Waals surface area contributed by atoms with Crippen molar-refractivity contribution in [1.82, 2.24) is 0 Å². The molecule has 4 atom stereocenters. The number of amides is 1. The molecule has 1 amide bonds. The Labute approximate surface area is 181 Å². The molecule has 3 rings (SSSR count). The Kier molecular flexibility index (Phi) is 6.39. The Morgan fingerprint density at radius 1 is 1.29 bits per heavy atom. The summed E-state index contributed by atoms with van der Waals surface area (Å²) >= 11 is 0. The maximum Gasteiger partial charge on any atom is 0.255 e. The topological polar surface area (TPSA) is 152 Å². The summed E-state index contributed by atoms with van der Waals surface area (Å²) in [6.07, 6.45) is 3.03. The van der Waals surface area contributed by atoms with E-state index in [9.17, 15) is 20.6 Å². The number of ether oxygens (including phenoxy) is 1. The first kappa shape index (κ1) is 22.0. The van der Waals surface area contributed by atoms with Gasteiger partial charge in [0.1, 0.15) is 11.7 Å². The first-order chi connectivity index (χ1) is 14.9. The highest BCUT2D eigenvalue weighted by Crippen LogP contribution is 2.52. The average Bonchev–Trinajstić information content (AvgIpc) is 2.78. The number of hydrogen-bond acceptors (Lipinski definition) is 6. The van der Waals surface area contributed by atoms with Gasteiger partial charge in [0.25, 0.3) is 5.91 Å². The molecule has 0 spiro atoms. The van der Waals surface area contributed by atoms with E-state index in [1.165, 1.54) is 4.90 Å². The number of nitrogens with two attached hydrogens (primary N) is 1. The summed E-state index contributed by atoms with van der Waals surface area (Å²) in [5, 5.41) is 38.6. The van der Waals surface area contributed by atoms with Crippen molar-refractivity contribution in [2.75, 3.05) is 26.2 Å². The summed E-state index contributed by atoms with van der Waals surface area (Å²) in [7, 11) is 0. The van der Waals surface area contributed by atoms with Crippen molar-refractivity contribution in [2.45, 2.75) is 19.3 Å². The van der Waals surface area contributed by atoms with Gasteiger partial charge >= 0.3 is 0 Å². The second kappa shape index (κ2) is 9.00. The van der Waals surface area contributed by atoms with Crippen molar-refractivity contribution < 1.29 is 14.4 Å². The molecule has 2 unspecified atom stereocenters. The van der Waals surface area contributed by atoms with Crippen LogP contribution in [0.5, 0.6) is 5.75 Å². The van der Waals surface area contributed by atoms with Crippen LogP contribution in [0.1, 0.15) is 24.8 Å². The van der Waals surface area contributed by atoms with E-state index in [1.54, 1.807) is 24.3 Å². The summed E-state index contributed by atoms with van der Waals surface area (Å²) in [6.45, 7) is 4.28. The van der Waals surface area contributed by atoms with E-state index < -0.39 is 23.2 Å². The molecule has 1 saturated carbocycles. The van der Waals surface area contributed by atoms with Crippen LogP contribution in [0.15, 0.2) is 35.9 Å². The van der Waals surface area contributed by atoms with Crippen LogP contribution in [0, 0.1) is 56.7 Å². The molecule has 1 fully saturated rings. The van der Waals surface area contributed by atoms with E-state index in [1.807, 2.05) is 6.08 Å². The third-order valence-corrected chi connectivity index (χ3v) is 6.18. The van der Waals surface area contributed by atoms with E-state index in [0.29, 0.717) is 12.3 Å². The molecule has 0 bridgehead atoms. The molecule has 1 aliphatic carbocycles. The van der Waals surface area contributed by atoms with Gasteiger partial charge in [0, 0.05) is 11.8 Å². The van der Waals surface area contributed by atoms with E-state index in [4.69, 9.17) is 15.9 Å². The summed E-state index contributed by atoms with van der Waals surface area (Å²) in [4.78, 5) is 12.3. The van der Waals surface area contributed by atoms with Gasteiger partial charge < -0.3 is 20.8 Å². The molecule has 0 saturated heterocycles. The van der Waals surface area contributed by atoms with Crippen LogP contribution in [-0.2, 0) is 4.79 Å². The lowest BCUT2D eigenvalue weighted by Gasteiger charge is -2.46. The van der Waals surface area contributed by atoms with Gasteiger partial charge in [-0.1, -0.05) is 19.1 Å². The summed E-state index contributed by atoms with van der Waals surface area (Å²) < 4.78 is 5.32. The minimum atomic E-state index is -1.73. The van der Waals surface area contributed by atoms with Crippen molar-refractivity contribution in [1.29, 1.82) is 21.2 Å². The van der Waals surface area contributed by atoms with E-state index in [2.05, 4.69) is 25.1 Å². The molecule has 1 aromatic carbocycles. The van der Waals surface area contributed by atoms with Crippen LogP contribution in [-0.4, -0.2) is 37.9 Å². The second-order valence-corrected chi connectivity index (χ2v) is 8.03. The maximum absolute atomic E-state index is 11.0. The molecule has 158 valence electrons. The monoisotopic (exact) mass is 417 g/mol. The molecule has 31 heavy (non-hydrogen) atoms. The first-order valence-corrected chi connectivity index (χ1v) is 10.3. The van der Waals surface area contributed by atoms with Crippen LogP contribution in [0.4, 0.5) is 0 Å². The van der Waals surface area contributed by atoms with Gasteiger partial charge in [0.15, 0.2) is 12.0 Å². The van der Waals surface area contributed by atoms with Crippen molar-refractivity contribution in [3.05, 3.63) is 41.5 Å². The number of fused-ring (bicyclic) bond motifs is 1. The number of carbonyl (C=O) groups excluding carboxylic acids is 1. The molecule has 1 aliphatic heterocycles. The highest BCUT2D eigenvalue weighted by Gasteiger charge is 2.58. The molecular formula is C23H25N6O2+. The van der Waals surface area contributed by atoms with Gasteiger partial charge in [-0.15, -0.1) is 0 Å². The standard InChI is InChI=1S/C23H24N6O2/c1-2-8-29-9-7-17-18(10-24)22(28)23(13-25,14-26)21(19(17)11-29)15-3-5-16(6-4-15)31-12-20(27)30/h3-7,18-19,21,28H,2,8-9,11-12H2,1H3,(H2,27,30)/p+1/t18?,19-,21+/m0/s1. The summed E-state index contributed by atoms with van der Waals surface area (Å²) in [5.41, 5.74) is 4.80. The average molecular weight is 417 g/mol. The molecule has 4 N–H and O–H groups in total. The van der Waals surface area contributed by atoms with E-state index >= 15 is 0 Å². The van der Waals surface area contributed by atoms with Crippen molar-refractivity contribution in [2.24, 2.45) is 23.0 Å². The zero-order valence-electron chi connectivity index (χ0n) is 17.4. The minimum absolute atomic E-state index is 0.152. The minimum Gasteiger partial charge on any atom is -0.484 e. The van der Waals surface area contributed by atoms with E-state index in [0.717, 1.165) is 30.6 Å². The third kappa shape index (κ3) is 3.89. The zero-order valence-corrected chi connectivity index (χ0v) is 17.4. The quantitative estimate of drug-likeness (QED) is 0.582. The van der Waals surface area contributed by atoms with Crippen LogP contribution in [0.25, 0.3) is 0 Å². The van der Waals surface area contributed by atoms with Crippen LogP contribution in [0.3, 0.4) is 0 Å². The van der Waals surface area contributed by atoms with Gasteiger partial charge in [-0.25, -0.2) is 0 Å². The van der Waals surface area contributed by atoms with Crippen LogP contribution in [0.2, 0.25) is 0 Å². The molecular weight excluding hydrogens is 392 g/mol. The lowest BCUT2D eigenvalue weighted by molar-refractivity contribution is -0.899. The number of benzene rings is 1. The highest BCUT2D eigenvalue weighted by atomic mass is 16.5. The highest BCUT2D eigenvalue weighted by molar-refractivity contribution is 6.00. The number of nitrogens with zero attached hydrogens (tertiary/aromatic N) is 3. The van der Waals surface area contributed by atoms with Gasteiger partial charge in [0.05, 0.1) is 43.6 Å². The largest absolute Gasteiger partial charge is 0.484 e. The molecule has 0 radical (unpaired) electrons. The molecule has 0 aromatic heterocycles. The Morgan fingerprint density at radius 2 is 1.97 bits per heavy atom. The fraction of sp³-hybridized carbons (Fsp3) is 0.435. The number of primary amides is 1. The molecule has 1 aromatic rings. The van der Waals surface area contributed by atoms with Crippen molar-refractivity contribution in [3.63, 3.8) is 0 Å². The third-order valence-electron chi connectivity index (χ3n) is 6.18. The van der Waals surface area contributed by atoms with Gasteiger partial charge in [-0.2, -0.15) is 15.8 Å². The van der Waals surface area contributed by atoms with Crippen molar-refractivity contribution >= 4 is 11.6 Å². The fourth-order valence-electron chi connectivity index (χ4n) is 4.82. The first-order valence-electron chi connectivity index (χ1n) is 10.3. The number of nitriles is 3. The Bertz CT molecular complexity index is 1010. The Balaban J connectivity index is 2.09. The van der Waals surface area contributed by atoms with E-state index in [-0.39, 0.29) is 18.2 Å². The lowest BCUT2D eigenvalue weighted by Crippen LogP contribution is -3.13. The predicted molar refractivity (Wildman–Crippen MR) is 112 cm³/mol. The molecule has 8 nitrogen and oxygen atoms in total.